The molecule has 0 heterocycles. The van der Waals surface area contributed by atoms with E-state index in [1.165, 1.54) is 0 Å². The third-order valence-electron chi connectivity index (χ3n) is 2.23. The van der Waals surface area contributed by atoms with Crippen molar-refractivity contribution in [1.29, 1.82) is 5.26 Å². The molecule has 1 N–H and O–H groups in total. The quantitative estimate of drug-likeness (QED) is 0.592. The van der Waals surface area contributed by atoms with Gasteiger partial charge in [-0.2, -0.15) is 5.26 Å². The van der Waals surface area contributed by atoms with Crippen molar-refractivity contribution in [2.45, 2.75) is 12.8 Å². The largest absolute Gasteiger partial charge is 0.377 e. The Morgan fingerprint density at radius 1 is 1.44 bits per heavy atom. The number of hydrogen-bond acceptors (Lipinski definition) is 3. The summed E-state index contributed by atoms with van der Waals surface area (Å²) in [5.41, 5.74) is 1.27. The van der Waals surface area contributed by atoms with Gasteiger partial charge in [-0.05, 0) is 30.7 Å². The second-order valence-electron chi connectivity index (χ2n) is 3.70. The van der Waals surface area contributed by atoms with Crippen molar-refractivity contribution in [3.63, 3.8) is 0 Å². The van der Waals surface area contributed by atoms with Gasteiger partial charge in [0, 0.05) is 18.7 Å². The van der Waals surface area contributed by atoms with Crippen LogP contribution in [0, 0.1) is 11.3 Å². The van der Waals surface area contributed by atoms with E-state index in [-0.39, 0.29) is 5.91 Å². The summed E-state index contributed by atoms with van der Waals surface area (Å²) < 4.78 is 5.18. The fourth-order valence-corrected chi connectivity index (χ4v) is 1.35. The van der Waals surface area contributed by atoms with Crippen LogP contribution in [0.5, 0.6) is 0 Å². The van der Waals surface area contributed by atoms with E-state index in [4.69, 9.17) is 10.00 Å². The van der Waals surface area contributed by atoms with Gasteiger partial charge in [-0.1, -0.05) is 6.08 Å². The van der Waals surface area contributed by atoms with E-state index >= 15 is 0 Å². The number of rotatable bonds is 7. The topological polar surface area (TPSA) is 62.1 Å². The van der Waals surface area contributed by atoms with Crippen LogP contribution in [-0.2, 0) is 9.53 Å². The molecular formula is C14H16N2O2. The summed E-state index contributed by atoms with van der Waals surface area (Å²) in [7, 11) is 0. The molecule has 1 amide bonds. The number of ether oxygens (including phenoxy) is 1. The van der Waals surface area contributed by atoms with Crippen LogP contribution in [0.1, 0.15) is 18.4 Å². The maximum Gasteiger partial charge on any atom is 0.224 e. The van der Waals surface area contributed by atoms with Crippen molar-refractivity contribution in [2.24, 2.45) is 0 Å². The number of nitrogens with zero attached hydrogens (tertiary/aromatic N) is 1. The summed E-state index contributed by atoms with van der Waals surface area (Å²) in [6.07, 6.45) is 2.77. The minimum absolute atomic E-state index is 0.0538. The molecule has 0 saturated heterocycles. The number of amides is 1. The van der Waals surface area contributed by atoms with E-state index in [0.717, 1.165) is 0 Å². The first-order valence-electron chi connectivity index (χ1n) is 5.75. The van der Waals surface area contributed by atoms with Crippen molar-refractivity contribution in [1.82, 2.24) is 0 Å². The van der Waals surface area contributed by atoms with Crippen LogP contribution in [-0.4, -0.2) is 19.1 Å². The van der Waals surface area contributed by atoms with Gasteiger partial charge >= 0.3 is 0 Å². The molecule has 94 valence electrons. The Morgan fingerprint density at radius 3 is 2.78 bits per heavy atom. The zero-order chi connectivity index (χ0) is 13.2. The molecule has 0 radical (unpaired) electrons. The summed E-state index contributed by atoms with van der Waals surface area (Å²) in [6, 6.07) is 8.79. The maximum absolute atomic E-state index is 11.5. The van der Waals surface area contributed by atoms with Gasteiger partial charge in [0.1, 0.15) is 0 Å². The van der Waals surface area contributed by atoms with Crippen molar-refractivity contribution in [2.75, 3.05) is 18.5 Å². The van der Waals surface area contributed by atoms with Crippen molar-refractivity contribution in [3.8, 4) is 6.07 Å². The van der Waals surface area contributed by atoms with Crippen LogP contribution in [0.4, 0.5) is 5.69 Å². The summed E-state index contributed by atoms with van der Waals surface area (Å²) in [6.45, 7) is 4.60. The lowest BCUT2D eigenvalue weighted by Gasteiger charge is -2.05. The number of hydrogen-bond donors (Lipinski definition) is 1. The average Bonchev–Trinajstić information content (AvgIpc) is 2.39. The Morgan fingerprint density at radius 2 is 2.17 bits per heavy atom. The first kappa shape index (κ1) is 13.9. The fraction of sp³-hybridized carbons (Fsp3) is 0.286. The van der Waals surface area contributed by atoms with Gasteiger partial charge in [-0.15, -0.1) is 6.58 Å². The molecule has 4 heteroatoms. The lowest BCUT2D eigenvalue weighted by Crippen LogP contribution is -2.12. The molecule has 18 heavy (non-hydrogen) atoms. The molecule has 0 aliphatic heterocycles. The molecule has 0 saturated carbocycles. The fourth-order valence-electron chi connectivity index (χ4n) is 1.35. The van der Waals surface area contributed by atoms with E-state index < -0.39 is 0 Å². The Balaban J connectivity index is 2.27. The molecule has 0 aliphatic carbocycles. The predicted molar refractivity (Wildman–Crippen MR) is 70.0 cm³/mol. The highest BCUT2D eigenvalue weighted by atomic mass is 16.5. The van der Waals surface area contributed by atoms with E-state index in [9.17, 15) is 4.79 Å². The first-order chi connectivity index (χ1) is 8.76. The molecule has 4 nitrogen and oxygen atoms in total. The van der Waals surface area contributed by atoms with Gasteiger partial charge in [-0.3, -0.25) is 4.79 Å². The van der Waals surface area contributed by atoms with Gasteiger partial charge in [0.15, 0.2) is 0 Å². The van der Waals surface area contributed by atoms with Gasteiger partial charge in [0.25, 0.3) is 0 Å². The number of nitriles is 1. The molecule has 0 unspecified atom stereocenters. The molecule has 0 aliphatic rings. The molecule has 0 fully saturated rings. The van der Waals surface area contributed by atoms with Crippen molar-refractivity contribution < 1.29 is 9.53 Å². The Hall–Kier alpha value is -2.12. The molecule has 0 aromatic heterocycles. The second-order valence-corrected chi connectivity index (χ2v) is 3.70. The normalized spacial score (nSPS) is 9.50. The summed E-state index contributed by atoms with van der Waals surface area (Å²) in [5, 5.41) is 11.4. The molecule has 0 spiro atoms. The van der Waals surface area contributed by atoms with Crippen LogP contribution < -0.4 is 5.32 Å². The summed E-state index contributed by atoms with van der Waals surface area (Å²) in [4.78, 5) is 11.5. The third-order valence-corrected chi connectivity index (χ3v) is 2.23. The van der Waals surface area contributed by atoms with Crippen LogP contribution in [0.2, 0.25) is 0 Å². The number of carbonyl (C=O) groups is 1. The van der Waals surface area contributed by atoms with Gasteiger partial charge < -0.3 is 10.1 Å². The molecule has 1 aromatic rings. The average molecular weight is 244 g/mol. The first-order valence-corrected chi connectivity index (χ1v) is 5.75. The van der Waals surface area contributed by atoms with Crippen molar-refractivity contribution >= 4 is 11.6 Å². The summed E-state index contributed by atoms with van der Waals surface area (Å²) in [5.74, 6) is -0.0538. The molecule has 0 bridgehead atoms. The number of nitrogens with one attached hydrogen (secondary N) is 1. The highest BCUT2D eigenvalue weighted by Crippen LogP contribution is 2.09. The van der Waals surface area contributed by atoms with E-state index in [1.54, 1.807) is 30.3 Å². The van der Waals surface area contributed by atoms with Crippen molar-refractivity contribution in [3.05, 3.63) is 42.5 Å². The zero-order valence-electron chi connectivity index (χ0n) is 10.2. The van der Waals surface area contributed by atoms with Gasteiger partial charge in [-0.25, -0.2) is 0 Å². The molecule has 1 aromatic carbocycles. The monoisotopic (exact) mass is 244 g/mol. The van der Waals surface area contributed by atoms with Crippen LogP contribution >= 0.6 is 0 Å². The number of benzene rings is 1. The highest BCUT2D eigenvalue weighted by molar-refractivity contribution is 5.90. The highest BCUT2D eigenvalue weighted by Gasteiger charge is 2.02. The molecule has 1 rings (SSSR count). The lowest BCUT2D eigenvalue weighted by molar-refractivity contribution is -0.116. The summed E-state index contributed by atoms with van der Waals surface area (Å²) >= 11 is 0. The number of anilines is 1. The second kappa shape index (κ2) is 8.04. The SMILES string of the molecule is C=CCOCCCC(=O)Nc1ccc(C#N)cc1. The van der Waals surface area contributed by atoms with Crippen LogP contribution in [0.3, 0.4) is 0 Å². The van der Waals surface area contributed by atoms with Gasteiger partial charge in [0.2, 0.25) is 5.91 Å². The van der Waals surface area contributed by atoms with Crippen LogP contribution in [0.15, 0.2) is 36.9 Å². The maximum atomic E-state index is 11.5. The minimum atomic E-state index is -0.0538. The standard InChI is InChI=1S/C14H16N2O2/c1-2-9-18-10-3-4-14(17)16-13-7-5-12(11-15)6-8-13/h2,5-8H,1,3-4,9-10H2,(H,16,17). The van der Waals surface area contributed by atoms with E-state index in [2.05, 4.69) is 11.9 Å². The number of carbonyl (C=O) groups excluding carboxylic acids is 1. The Bertz CT molecular complexity index is 432. The smallest absolute Gasteiger partial charge is 0.224 e. The van der Waals surface area contributed by atoms with Gasteiger partial charge in [0.05, 0.1) is 18.2 Å². The Kier molecular flexibility index (Phi) is 6.23. The predicted octanol–water partition coefficient (Wildman–Crippen LogP) is 2.48. The Labute approximate surface area is 107 Å². The minimum Gasteiger partial charge on any atom is -0.377 e. The lowest BCUT2D eigenvalue weighted by atomic mass is 10.2. The zero-order valence-corrected chi connectivity index (χ0v) is 10.2. The van der Waals surface area contributed by atoms with Crippen LogP contribution in [0.25, 0.3) is 0 Å². The van der Waals surface area contributed by atoms with E-state index in [0.29, 0.717) is 37.3 Å². The third kappa shape index (κ3) is 5.28. The molecular weight excluding hydrogens is 228 g/mol. The van der Waals surface area contributed by atoms with E-state index in [1.807, 2.05) is 6.07 Å². The molecule has 0 atom stereocenters.